The Kier molecular flexibility index (Phi) is 5.80. The summed E-state index contributed by atoms with van der Waals surface area (Å²) in [7, 11) is 1.36. The van der Waals surface area contributed by atoms with Gasteiger partial charge in [0.2, 0.25) is 0 Å². The molecule has 0 aliphatic heterocycles. The van der Waals surface area contributed by atoms with Crippen LogP contribution in [0.4, 0.5) is 0 Å². The Morgan fingerprint density at radius 2 is 2.08 bits per heavy atom. The van der Waals surface area contributed by atoms with Crippen LogP contribution < -0.4 is 0 Å². The molecular weight excluding hydrogens is 176 g/mol. The third kappa shape index (κ3) is 5.18. The predicted octanol–water partition coefficient (Wildman–Crippen LogP) is 1.26. The molecule has 0 amide bonds. The van der Waals surface area contributed by atoms with E-state index in [1.54, 1.807) is 6.92 Å². The molecule has 0 saturated carbocycles. The number of carbonyl (C=O) groups excluding carboxylic acids is 2. The maximum absolute atomic E-state index is 10.8. The molecule has 0 radical (unpaired) electrons. The first-order chi connectivity index (χ1) is 5.57. The maximum atomic E-state index is 10.8. The van der Waals surface area contributed by atoms with Crippen LogP contribution in [0.1, 0.15) is 20.3 Å². The Morgan fingerprint density at radius 3 is 2.50 bits per heavy atom. The van der Waals surface area contributed by atoms with Gasteiger partial charge in [0.1, 0.15) is 5.78 Å². The lowest BCUT2D eigenvalue weighted by atomic mass is 10.3. The molecule has 0 bridgehead atoms. The molecule has 0 aromatic carbocycles. The zero-order chi connectivity index (χ0) is 9.56. The fraction of sp³-hybridized carbons (Fsp3) is 0.750. The van der Waals surface area contributed by atoms with Crippen LogP contribution in [0, 0.1) is 0 Å². The van der Waals surface area contributed by atoms with E-state index in [-0.39, 0.29) is 17.0 Å². The molecule has 0 fully saturated rings. The number of thioether (sulfide) groups is 1. The summed E-state index contributed by atoms with van der Waals surface area (Å²) >= 11 is 1.48. The van der Waals surface area contributed by atoms with E-state index in [0.29, 0.717) is 12.2 Å². The van der Waals surface area contributed by atoms with E-state index in [1.807, 2.05) is 6.92 Å². The molecule has 70 valence electrons. The standard InChI is InChI=1S/C8H14O3S/c1-6(9)7(2)12-5-4-8(10)11-3/h7H,4-5H2,1-3H3. The van der Waals surface area contributed by atoms with Gasteiger partial charge in [-0.25, -0.2) is 0 Å². The molecule has 0 heterocycles. The van der Waals surface area contributed by atoms with Gasteiger partial charge in [0.15, 0.2) is 0 Å². The van der Waals surface area contributed by atoms with E-state index in [4.69, 9.17) is 0 Å². The van der Waals surface area contributed by atoms with Crippen LogP contribution >= 0.6 is 11.8 Å². The second-order valence-corrected chi connectivity index (χ2v) is 3.90. The normalized spacial score (nSPS) is 12.2. The fourth-order valence-electron chi connectivity index (χ4n) is 0.538. The van der Waals surface area contributed by atoms with Crippen molar-refractivity contribution in [2.24, 2.45) is 0 Å². The fourth-order valence-corrected chi connectivity index (χ4v) is 1.41. The first-order valence-electron chi connectivity index (χ1n) is 3.76. The average Bonchev–Trinajstić information content (AvgIpc) is 2.03. The molecule has 1 atom stereocenters. The number of ketones is 1. The van der Waals surface area contributed by atoms with E-state index >= 15 is 0 Å². The monoisotopic (exact) mass is 190 g/mol. The van der Waals surface area contributed by atoms with E-state index in [9.17, 15) is 9.59 Å². The third-order valence-corrected chi connectivity index (χ3v) is 2.75. The van der Waals surface area contributed by atoms with Gasteiger partial charge in [0.25, 0.3) is 0 Å². The van der Waals surface area contributed by atoms with Gasteiger partial charge in [-0.05, 0) is 13.8 Å². The number of Topliss-reactive ketones (excluding diaryl/α,β-unsaturated/α-hetero) is 1. The van der Waals surface area contributed by atoms with Crippen LogP contribution in [0.15, 0.2) is 0 Å². The SMILES string of the molecule is COC(=O)CCSC(C)C(C)=O. The highest BCUT2D eigenvalue weighted by atomic mass is 32.2. The number of carbonyl (C=O) groups is 2. The van der Waals surface area contributed by atoms with Crippen molar-refractivity contribution in [1.29, 1.82) is 0 Å². The van der Waals surface area contributed by atoms with Crippen molar-refractivity contribution in [3.05, 3.63) is 0 Å². The van der Waals surface area contributed by atoms with Crippen molar-refractivity contribution in [2.75, 3.05) is 12.9 Å². The van der Waals surface area contributed by atoms with Crippen molar-refractivity contribution in [2.45, 2.75) is 25.5 Å². The Labute approximate surface area is 76.9 Å². The van der Waals surface area contributed by atoms with Crippen LogP contribution in [0.2, 0.25) is 0 Å². The van der Waals surface area contributed by atoms with Gasteiger partial charge in [-0.2, -0.15) is 11.8 Å². The summed E-state index contributed by atoms with van der Waals surface area (Å²) < 4.78 is 4.46. The summed E-state index contributed by atoms with van der Waals surface area (Å²) in [5.41, 5.74) is 0. The second-order valence-electron chi connectivity index (χ2n) is 2.45. The van der Waals surface area contributed by atoms with Crippen molar-refractivity contribution in [3.8, 4) is 0 Å². The smallest absolute Gasteiger partial charge is 0.306 e. The molecule has 0 N–H and O–H groups in total. The molecular formula is C8H14O3S. The molecule has 4 heteroatoms. The highest BCUT2D eigenvalue weighted by Crippen LogP contribution is 2.12. The summed E-state index contributed by atoms with van der Waals surface area (Å²) in [6, 6.07) is 0. The summed E-state index contributed by atoms with van der Waals surface area (Å²) in [4.78, 5) is 21.4. The largest absolute Gasteiger partial charge is 0.469 e. The number of rotatable bonds is 5. The van der Waals surface area contributed by atoms with Crippen molar-refractivity contribution in [3.63, 3.8) is 0 Å². The highest BCUT2D eigenvalue weighted by Gasteiger charge is 2.08. The predicted molar refractivity (Wildman–Crippen MR) is 49.2 cm³/mol. The first-order valence-corrected chi connectivity index (χ1v) is 4.81. The molecule has 0 aromatic rings. The van der Waals surface area contributed by atoms with Gasteiger partial charge in [0, 0.05) is 5.75 Å². The minimum absolute atomic E-state index is 0.0188. The van der Waals surface area contributed by atoms with Crippen LogP contribution in [-0.4, -0.2) is 29.9 Å². The van der Waals surface area contributed by atoms with Crippen LogP contribution in [0.3, 0.4) is 0 Å². The lowest BCUT2D eigenvalue weighted by Crippen LogP contribution is -2.10. The second kappa shape index (κ2) is 6.06. The average molecular weight is 190 g/mol. The topological polar surface area (TPSA) is 43.4 Å². The van der Waals surface area contributed by atoms with Gasteiger partial charge >= 0.3 is 5.97 Å². The van der Waals surface area contributed by atoms with Crippen molar-refractivity contribution < 1.29 is 14.3 Å². The zero-order valence-electron chi connectivity index (χ0n) is 7.62. The zero-order valence-corrected chi connectivity index (χ0v) is 8.44. The quantitative estimate of drug-likeness (QED) is 0.612. The third-order valence-electron chi connectivity index (χ3n) is 1.47. The highest BCUT2D eigenvalue weighted by molar-refractivity contribution is 8.00. The summed E-state index contributed by atoms with van der Waals surface area (Å²) in [6.07, 6.45) is 0.374. The molecule has 0 aliphatic rings. The first kappa shape index (κ1) is 11.5. The number of esters is 1. The maximum Gasteiger partial charge on any atom is 0.306 e. The van der Waals surface area contributed by atoms with E-state index in [2.05, 4.69) is 4.74 Å². The molecule has 0 aromatic heterocycles. The van der Waals surface area contributed by atoms with Crippen LogP contribution in [0.5, 0.6) is 0 Å². The minimum atomic E-state index is -0.224. The molecule has 12 heavy (non-hydrogen) atoms. The van der Waals surface area contributed by atoms with E-state index in [0.717, 1.165) is 0 Å². The van der Waals surface area contributed by atoms with Gasteiger partial charge in [-0.3, -0.25) is 9.59 Å². The number of hydrogen-bond donors (Lipinski definition) is 0. The van der Waals surface area contributed by atoms with Gasteiger partial charge < -0.3 is 4.74 Å². The van der Waals surface area contributed by atoms with Gasteiger partial charge in [-0.15, -0.1) is 0 Å². The number of ether oxygens (including phenoxy) is 1. The van der Waals surface area contributed by atoms with Crippen LogP contribution in [-0.2, 0) is 14.3 Å². The van der Waals surface area contributed by atoms with E-state index < -0.39 is 0 Å². The molecule has 3 nitrogen and oxygen atoms in total. The molecule has 0 spiro atoms. The summed E-state index contributed by atoms with van der Waals surface area (Å²) in [5.74, 6) is 0.566. The van der Waals surface area contributed by atoms with Gasteiger partial charge in [0.05, 0.1) is 18.8 Å². The van der Waals surface area contributed by atoms with Crippen molar-refractivity contribution in [1.82, 2.24) is 0 Å². The Hall–Kier alpha value is -0.510. The summed E-state index contributed by atoms with van der Waals surface area (Å²) in [5, 5.41) is -0.0188. The van der Waals surface area contributed by atoms with Gasteiger partial charge in [-0.1, -0.05) is 0 Å². The van der Waals surface area contributed by atoms with Crippen LogP contribution in [0.25, 0.3) is 0 Å². The van der Waals surface area contributed by atoms with E-state index in [1.165, 1.54) is 18.9 Å². The lowest BCUT2D eigenvalue weighted by molar-refractivity contribution is -0.140. The van der Waals surface area contributed by atoms with Crippen molar-refractivity contribution >= 4 is 23.5 Å². The molecule has 0 aliphatic carbocycles. The Morgan fingerprint density at radius 1 is 1.50 bits per heavy atom. The Bertz CT molecular complexity index is 168. The number of methoxy groups -OCH3 is 1. The molecule has 1 unspecified atom stereocenters. The minimum Gasteiger partial charge on any atom is -0.469 e. The lowest BCUT2D eigenvalue weighted by Gasteiger charge is -2.05. The molecule has 0 rings (SSSR count). The molecule has 0 saturated heterocycles. The Balaban J connectivity index is 3.43. The summed E-state index contributed by atoms with van der Waals surface area (Å²) in [6.45, 7) is 3.39. The number of hydrogen-bond acceptors (Lipinski definition) is 4.